The van der Waals surface area contributed by atoms with Gasteiger partial charge in [0.2, 0.25) is 0 Å². The van der Waals surface area contributed by atoms with Crippen LogP contribution >= 0.6 is 11.6 Å². The summed E-state index contributed by atoms with van der Waals surface area (Å²) in [5, 5.41) is 16.0. The predicted octanol–water partition coefficient (Wildman–Crippen LogP) is 2.66. The van der Waals surface area contributed by atoms with Gasteiger partial charge in [-0.1, -0.05) is 11.6 Å². The number of anilines is 1. The van der Waals surface area contributed by atoms with Crippen LogP contribution in [0.5, 0.6) is 0 Å². The van der Waals surface area contributed by atoms with E-state index in [1.54, 1.807) is 12.5 Å². The molecule has 1 aromatic carbocycles. The van der Waals surface area contributed by atoms with Gasteiger partial charge in [0.25, 0.3) is 5.69 Å². The van der Waals surface area contributed by atoms with Gasteiger partial charge in [-0.2, -0.15) is 0 Å². The summed E-state index contributed by atoms with van der Waals surface area (Å²) in [6.07, 6.45) is 5.97. The molecule has 8 nitrogen and oxygen atoms in total. The summed E-state index contributed by atoms with van der Waals surface area (Å²) in [5.74, 6) is 0. The lowest BCUT2D eigenvalue weighted by Gasteiger charge is -2.08. The molecule has 0 spiro atoms. The zero-order valence-corrected chi connectivity index (χ0v) is 12.3. The van der Waals surface area contributed by atoms with Crippen molar-refractivity contribution < 1.29 is 9.72 Å². The van der Waals surface area contributed by atoms with E-state index in [1.165, 1.54) is 18.2 Å². The number of hydrogen-bond acceptors (Lipinski definition) is 4. The Labute approximate surface area is 131 Å². The van der Waals surface area contributed by atoms with Crippen molar-refractivity contribution in [1.82, 2.24) is 14.9 Å². The molecule has 1 aromatic heterocycles. The van der Waals surface area contributed by atoms with Crippen LogP contribution in [0.1, 0.15) is 6.42 Å². The molecule has 0 saturated carbocycles. The molecule has 0 saturated heterocycles. The Morgan fingerprint density at radius 1 is 1.45 bits per heavy atom. The van der Waals surface area contributed by atoms with E-state index >= 15 is 0 Å². The van der Waals surface area contributed by atoms with Gasteiger partial charge in [0.1, 0.15) is 5.02 Å². The maximum absolute atomic E-state index is 11.7. The van der Waals surface area contributed by atoms with Gasteiger partial charge in [0, 0.05) is 37.2 Å². The summed E-state index contributed by atoms with van der Waals surface area (Å²) in [4.78, 5) is 25.8. The van der Waals surface area contributed by atoms with Crippen molar-refractivity contribution in [1.29, 1.82) is 0 Å². The van der Waals surface area contributed by atoms with E-state index in [4.69, 9.17) is 11.6 Å². The van der Waals surface area contributed by atoms with E-state index in [9.17, 15) is 14.9 Å². The zero-order valence-electron chi connectivity index (χ0n) is 11.5. The summed E-state index contributed by atoms with van der Waals surface area (Å²) >= 11 is 5.70. The molecule has 2 N–H and O–H groups in total. The van der Waals surface area contributed by atoms with Crippen molar-refractivity contribution in [3.05, 3.63) is 52.1 Å². The monoisotopic (exact) mass is 323 g/mol. The largest absolute Gasteiger partial charge is 0.338 e. The number of amides is 2. The van der Waals surface area contributed by atoms with Crippen LogP contribution in [0.2, 0.25) is 5.02 Å². The highest BCUT2D eigenvalue weighted by Gasteiger charge is 2.13. The van der Waals surface area contributed by atoms with Gasteiger partial charge >= 0.3 is 6.03 Å². The summed E-state index contributed by atoms with van der Waals surface area (Å²) in [7, 11) is 0. The molecule has 1 heterocycles. The van der Waals surface area contributed by atoms with Crippen LogP contribution in [0.3, 0.4) is 0 Å². The fourth-order valence-electron chi connectivity index (χ4n) is 1.79. The number of carbonyl (C=O) groups excluding carboxylic acids is 1. The van der Waals surface area contributed by atoms with Crippen LogP contribution in [0.15, 0.2) is 36.9 Å². The van der Waals surface area contributed by atoms with Gasteiger partial charge in [-0.25, -0.2) is 9.78 Å². The minimum absolute atomic E-state index is 0.0243. The minimum Gasteiger partial charge on any atom is -0.338 e. The van der Waals surface area contributed by atoms with E-state index in [2.05, 4.69) is 15.6 Å². The average molecular weight is 324 g/mol. The molecule has 0 atom stereocenters. The molecular formula is C13H14ClN5O3. The maximum Gasteiger partial charge on any atom is 0.319 e. The molecule has 2 amide bonds. The van der Waals surface area contributed by atoms with E-state index < -0.39 is 11.0 Å². The molecule has 0 aliphatic rings. The minimum atomic E-state index is -0.601. The number of nitrogens with zero attached hydrogens (tertiary/aromatic N) is 3. The molecule has 2 aromatic rings. The number of aryl methyl sites for hydroxylation is 1. The van der Waals surface area contributed by atoms with Crippen molar-refractivity contribution in [3.63, 3.8) is 0 Å². The Kier molecular flexibility index (Phi) is 5.31. The summed E-state index contributed by atoms with van der Waals surface area (Å²) in [6, 6.07) is 3.66. The normalized spacial score (nSPS) is 10.2. The second kappa shape index (κ2) is 7.41. The third-order valence-corrected chi connectivity index (χ3v) is 3.16. The van der Waals surface area contributed by atoms with Gasteiger partial charge in [-0.15, -0.1) is 0 Å². The SMILES string of the molecule is O=C(NCCCn1ccnc1)Nc1ccc(Cl)c([N+](=O)[O-])c1. The average Bonchev–Trinajstić information content (AvgIpc) is 2.98. The third kappa shape index (κ3) is 4.45. The van der Waals surface area contributed by atoms with Crippen LogP contribution in [0, 0.1) is 10.1 Å². The number of aromatic nitrogens is 2. The molecule has 0 unspecified atom stereocenters. The van der Waals surface area contributed by atoms with Gasteiger partial charge in [-0.05, 0) is 18.6 Å². The van der Waals surface area contributed by atoms with Crippen molar-refractivity contribution in [2.45, 2.75) is 13.0 Å². The summed E-state index contributed by atoms with van der Waals surface area (Å²) in [6.45, 7) is 1.21. The van der Waals surface area contributed by atoms with Crippen molar-refractivity contribution in [3.8, 4) is 0 Å². The molecule has 0 aliphatic carbocycles. The van der Waals surface area contributed by atoms with Crippen molar-refractivity contribution >= 4 is 29.0 Å². The number of rotatable bonds is 6. The smallest absolute Gasteiger partial charge is 0.319 e. The Morgan fingerprint density at radius 2 is 2.27 bits per heavy atom. The van der Waals surface area contributed by atoms with Crippen LogP contribution in [-0.2, 0) is 6.54 Å². The number of hydrogen-bond donors (Lipinski definition) is 2. The molecule has 22 heavy (non-hydrogen) atoms. The van der Waals surface area contributed by atoms with Gasteiger partial charge in [-0.3, -0.25) is 10.1 Å². The van der Waals surface area contributed by atoms with Crippen molar-refractivity contribution in [2.24, 2.45) is 0 Å². The molecule has 116 valence electrons. The molecule has 9 heteroatoms. The Bertz CT molecular complexity index is 660. The lowest BCUT2D eigenvalue weighted by Crippen LogP contribution is -2.30. The number of benzene rings is 1. The number of urea groups is 1. The van der Waals surface area contributed by atoms with E-state index in [0.717, 1.165) is 13.0 Å². The zero-order chi connectivity index (χ0) is 15.9. The molecule has 0 radical (unpaired) electrons. The van der Waals surface area contributed by atoms with Crippen LogP contribution in [0.25, 0.3) is 0 Å². The highest BCUT2D eigenvalue weighted by Crippen LogP contribution is 2.27. The van der Waals surface area contributed by atoms with E-state index in [1.807, 2.05) is 10.8 Å². The number of nitro benzene ring substituents is 1. The van der Waals surface area contributed by atoms with Crippen LogP contribution in [0.4, 0.5) is 16.2 Å². The molecule has 0 bridgehead atoms. The first-order chi connectivity index (χ1) is 10.6. The van der Waals surface area contributed by atoms with Gasteiger partial charge in [0.05, 0.1) is 11.3 Å². The molecule has 0 fully saturated rings. The number of imidazole rings is 1. The maximum atomic E-state index is 11.7. The second-order valence-corrected chi connectivity index (χ2v) is 4.87. The van der Waals surface area contributed by atoms with Crippen LogP contribution in [-0.4, -0.2) is 27.1 Å². The van der Waals surface area contributed by atoms with Crippen LogP contribution < -0.4 is 10.6 Å². The Morgan fingerprint density at radius 3 is 2.95 bits per heavy atom. The van der Waals surface area contributed by atoms with Gasteiger partial charge < -0.3 is 15.2 Å². The molecular weight excluding hydrogens is 310 g/mol. The summed E-state index contributed by atoms with van der Waals surface area (Å²) < 4.78 is 1.90. The lowest BCUT2D eigenvalue weighted by atomic mass is 10.3. The standard InChI is InChI=1S/C13H14ClN5O3/c14-11-3-2-10(8-12(11)19(21)22)17-13(20)16-4-1-6-18-7-5-15-9-18/h2-3,5,7-9H,1,4,6H2,(H2,16,17,20). The number of carbonyl (C=O) groups is 1. The first-order valence-electron chi connectivity index (χ1n) is 6.51. The number of nitro groups is 1. The predicted molar refractivity (Wildman–Crippen MR) is 82.0 cm³/mol. The highest BCUT2D eigenvalue weighted by atomic mass is 35.5. The third-order valence-electron chi connectivity index (χ3n) is 2.84. The molecule has 2 rings (SSSR count). The molecule has 0 aliphatic heterocycles. The van der Waals surface area contributed by atoms with E-state index in [-0.39, 0.29) is 10.7 Å². The first-order valence-corrected chi connectivity index (χ1v) is 6.88. The summed E-state index contributed by atoms with van der Waals surface area (Å²) in [5.41, 5.74) is 0.0581. The van der Waals surface area contributed by atoms with Gasteiger partial charge in [0.15, 0.2) is 0 Å². The number of halogens is 1. The first kappa shape index (κ1) is 15.8. The highest BCUT2D eigenvalue weighted by molar-refractivity contribution is 6.32. The topological polar surface area (TPSA) is 102 Å². The Balaban J connectivity index is 1.79. The fraction of sp³-hybridized carbons (Fsp3) is 0.231. The number of nitrogens with one attached hydrogen (secondary N) is 2. The van der Waals surface area contributed by atoms with Crippen molar-refractivity contribution in [2.75, 3.05) is 11.9 Å². The lowest BCUT2D eigenvalue weighted by molar-refractivity contribution is -0.384. The fourth-order valence-corrected chi connectivity index (χ4v) is 1.97. The quantitative estimate of drug-likeness (QED) is 0.484. The second-order valence-electron chi connectivity index (χ2n) is 4.46. The Hall–Kier alpha value is -2.61. The van der Waals surface area contributed by atoms with E-state index in [0.29, 0.717) is 12.2 Å².